The number of fused-ring (bicyclic) bond motifs is 2. The van der Waals surface area contributed by atoms with E-state index in [2.05, 4.69) is 32.5 Å². The Morgan fingerprint density at radius 1 is 0.970 bits per heavy atom. The van der Waals surface area contributed by atoms with Gasteiger partial charge < -0.3 is 9.47 Å². The molecule has 1 N–H and O–H groups in total. The molecule has 33 heavy (non-hydrogen) atoms. The van der Waals surface area contributed by atoms with Gasteiger partial charge in [-0.05, 0) is 41.8 Å². The number of hydrogen-bond donors (Lipinski definition) is 1. The van der Waals surface area contributed by atoms with Gasteiger partial charge in [0, 0.05) is 10.9 Å². The Balaban J connectivity index is 1.25. The maximum absolute atomic E-state index is 6.08. The summed E-state index contributed by atoms with van der Waals surface area (Å²) < 4.78 is 13.0. The molecule has 0 radical (unpaired) electrons. The lowest BCUT2D eigenvalue weighted by atomic mass is 10.1. The van der Waals surface area contributed by atoms with E-state index in [4.69, 9.17) is 14.6 Å². The molecule has 6 aromatic rings. The summed E-state index contributed by atoms with van der Waals surface area (Å²) in [5, 5.41) is 23.7. The maximum Gasteiger partial charge on any atom is 0.235 e. The van der Waals surface area contributed by atoms with E-state index in [1.165, 1.54) is 11.3 Å². The number of H-pyrrole nitrogens is 1. The standard InChI is InChI=1S/C24H18N6O2S/c1-31-17-11-9-16(10-12-17)19-13-20(26-25-19)23-29-30-22(27-28-24(30)33-23)14-32-21-8-4-6-15-5-2-3-7-18(15)21/h2-13H,14H2,1H3,(H,25,26). The number of ether oxygens (including phenoxy) is 2. The van der Waals surface area contributed by atoms with Crippen molar-refractivity contribution in [2.24, 2.45) is 0 Å². The number of aromatic amines is 1. The van der Waals surface area contributed by atoms with Crippen LogP contribution >= 0.6 is 11.3 Å². The average Bonchev–Trinajstić information content (AvgIpc) is 3.59. The second kappa shape index (κ2) is 8.03. The summed E-state index contributed by atoms with van der Waals surface area (Å²) >= 11 is 1.44. The van der Waals surface area contributed by atoms with Gasteiger partial charge in [-0.3, -0.25) is 5.10 Å². The summed E-state index contributed by atoms with van der Waals surface area (Å²) in [6.07, 6.45) is 0. The summed E-state index contributed by atoms with van der Waals surface area (Å²) in [5.74, 6) is 2.25. The Morgan fingerprint density at radius 3 is 2.70 bits per heavy atom. The van der Waals surface area contributed by atoms with E-state index in [1.54, 1.807) is 11.6 Å². The quantitative estimate of drug-likeness (QED) is 0.382. The molecule has 0 aliphatic rings. The van der Waals surface area contributed by atoms with Crippen LogP contribution in [0.1, 0.15) is 5.82 Å². The first-order chi connectivity index (χ1) is 16.3. The number of aromatic nitrogens is 6. The molecule has 0 spiro atoms. The van der Waals surface area contributed by atoms with E-state index in [-0.39, 0.29) is 6.61 Å². The number of nitrogens with zero attached hydrogens (tertiary/aromatic N) is 5. The summed E-state index contributed by atoms with van der Waals surface area (Å²) in [4.78, 5) is 0.696. The number of nitrogens with one attached hydrogen (secondary N) is 1. The topological polar surface area (TPSA) is 90.2 Å². The molecule has 3 aromatic heterocycles. The molecule has 0 atom stereocenters. The van der Waals surface area contributed by atoms with Crippen molar-refractivity contribution in [3.63, 3.8) is 0 Å². The molecule has 0 aliphatic carbocycles. The summed E-state index contributed by atoms with van der Waals surface area (Å²) in [6.45, 7) is 0.262. The third kappa shape index (κ3) is 3.58. The van der Waals surface area contributed by atoms with Gasteiger partial charge in [-0.15, -0.1) is 10.2 Å². The van der Waals surface area contributed by atoms with Crippen molar-refractivity contribution in [1.82, 2.24) is 30.0 Å². The van der Waals surface area contributed by atoms with Crippen molar-refractivity contribution in [1.29, 1.82) is 0 Å². The van der Waals surface area contributed by atoms with Crippen LogP contribution < -0.4 is 9.47 Å². The minimum absolute atomic E-state index is 0.262. The van der Waals surface area contributed by atoms with Crippen molar-refractivity contribution < 1.29 is 9.47 Å². The largest absolute Gasteiger partial charge is 0.497 e. The lowest BCUT2D eigenvalue weighted by Gasteiger charge is -2.07. The third-order valence-corrected chi connectivity index (χ3v) is 6.29. The molecule has 0 saturated heterocycles. The molecule has 0 aliphatic heterocycles. The van der Waals surface area contributed by atoms with Gasteiger partial charge in [-0.25, -0.2) is 0 Å². The van der Waals surface area contributed by atoms with Gasteiger partial charge in [-0.2, -0.15) is 14.7 Å². The molecule has 0 fully saturated rings. The van der Waals surface area contributed by atoms with Crippen LogP contribution in [0.3, 0.4) is 0 Å². The summed E-state index contributed by atoms with van der Waals surface area (Å²) in [5.41, 5.74) is 2.64. The zero-order chi connectivity index (χ0) is 22.2. The van der Waals surface area contributed by atoms with Gasteiger partial charge in [-0.1, -0.05) is 47.7 Å². The molecule has 3 aromatic carbocycles. The van der Waals surface area contributed by atoms with E-state index >= 15 is 0 Å². The van der Waals surface area contributed by atoms with E-state index in [9.17, 15) is 0 Å². The first kappa shape index (κ1) is 19.4. The monoisotopic (exact) mass is 454 g/mol. The molecule has 9 heteroatoms. The highest BCUT2D eigenvalue weighted by molar-refractivity contribution is 7.19. The highest BCUT2D eigenvalue weighted by Crippen LogP contribution is 2.29. The Morgan fingerprint density at radius 2 is 1.82 bits per heavy atom. The Bertz CT molecular complexity index is 1560. The zero-order valence-electron chi connectivity index (χ0n) is 17.6. The SMILES string of the molecule is COc1ccc(-c2cc(-c3nn4c(COc5cccc6ccccc56)nnc4s3)[nH]n2)cc1. The second-order valence-electron chi connectivity index (χ2n) is 7.38. The fourth-order valence-electron chi connectivity index (χ4n) is 3.66. The molecule has 162 valence electrons. The summed E-state index contributed by atoms with van der Waals surface area (Å²) in [7, 11) is 1.65. The predicted octanol–water partition coefficient (Wildman–Crippen LogP) is 4.98. The fourth-order valence-corrected chi connectivity index (χ4v) is 4.49. The summed E-state index contributed by atoms with van der Waals surface area (Å²) in [6, 6.07) is 23.9. The van der Waals surface area contributed by atoms with Crippen molar-refractivity contribution in [2.45, 2.75) is 6.61 Å². The van der Waals surface area contributed by atoms with Crippen LogP contribution in [0.2, 0.25) is 0 Å². The minimum atomic E-state index is 0.262. The van der Waals surface area contributed by atoms with Crippen LogP contribution in [0.5, 0.6) is 11.5 Å². The van der Waals surface area contributed by atoms with Gasteiger partial charge in [0.05, 0.1) is 18.5 Å². The lowest BCUT2D eigenvalue weighted by molar-refractivity contribution is 0.296. The van der Waals surface area contributed by atoms with Crippen molar-refractivity contribution >= 4 is 27.1 Å². The van der Waals surface area contributed by atoms with Gasteiger partial charge >= 0.3 is 0 Å². The molecule has 0 saturated carbocycles. The molecule has 0 bridgehead atoms. The van der Waals surface area contributed by atoms with Crippen molar-refractivity contribution in [3.05, 3.63) is 78.6 Å². The van der Waals surface area contributed by atoms with Crippen LogP contribution in [-0.4, -0.2) is 37.1 Å². The van der Waals surface area contributed by atoms with Crippen LogP contribution in [0, 0.1) is 0 Å². The van der Waals surface area contributed by atoms with Crippen LogP contribution in [-0.2, 0) is 6.61 Å². The van der Waals surface area contributed by atoms with Gasteiger partial charge in [0.25, 0.3) is 0 Å². The first-order valence-corrected chi connectivity index (χ1v) is 11.1. The Kier molecular flexibility index (Phi) is 4.73. The van der Waals surface area contributed by atoms with E-state index < -0.39 is 0 Å². The highest BCUT2D eigenvalue weighted by atomic mass is 32.1. The third-order valence-electron chi connectivity index (χ3n) is 5.36. The average molecular weight is 455 g/mol. The predicted molar refractivity (Wildman–Crippen MR) is 127 cm³/mol. The van der Waals surface area contributed by atoms with Gasteiger partial charge in [0.2, 0.25) is 4.96 Å². The van der Waals surface area contributed by atoms with Gasteiger partial charge in [0.15, 0.2) is 10.8 Å². The normalized spacial score (nSPS) is 11.3. The Labute approximate surface area is 192 Å². The number of rotatable bonds is 6. The minimum Gasteiger partial charge on any atom is -0.497 e. The van der Waals surface area contributed by atoms with Crippen LogP contribution in [0.25, 0.3) is 37.7 Å². The highest BCUT2D eigenvalue weighted by Gasteiger charge is 2.16. The lowest BCUT2D eigenvalue weighted by Crippen LogP contribution is -2.02. The molecular formula is C24H18N6O2S. The Hall–Kier alpha value is -4.24. The molecule has 3 heterocycles. The molecule has 0 unspecified atom stereocenters. The molecular weight excluding hydrogens is 436 g/mol. The van der Waals surface area contributed by atoms with E-state index in [1.807, 2.05) is 60.7 Å². The van der Waals surface area contributed by atoms with Crippen LogP contribution in [0.4, 0.5) is 0 Å². The van der Waals surface area contributed by atoms with Crippen molar-refractivity contribution in [3.8, 4) is 33.5 Å². The van der Waals surface area contributed by atoms with E-state index in [0.29, 0.717) is 10.8 Å². The van der Waals surface area contributed by atoms with Crippen molar-refractivity contribution in [2.75, 3.05) is 7.11 Å². The van der Waals surface area contributed by atoms with E-state index in [0.717, 1.165) is 44.2 Å². The van der Waals surface area contributed by atoms with Gasteiger partial charge in [0.1, 0.15) is 18.1 Å². The number of hydrogen-bond acceptors (Lipinski definition) is 7. The molecule has 8 nitrogen and oxygen atoms in total. The molecule has 0 amide bonds. The smallest absolute Gasteiger partial charge is 0.235 e. The zero-order valence-corrected chi connectivity index (χ0v) is 18.4. The second-order valence-corrected chi connectivity index (χ2v) is 8.34. The number of benzene rings is 3. The molecule has 6 rings (SSSR count). The maximum atomic E-state index is 6.08. The number of methoxy groups -OCH3 is 1. The van der Waals surface area contributed by atoms with Crippen LogP contribution in [0.15, 0.2) is 72.8 Å². The fraction of sp³-hybridized carbons (Fsp3) is 0.0833. The first-order valence-electron chi connectivity index (χ1n) is 10.3.